The number of hydrogen-bond acceptors (Lipinski definition) is 3. The highest BCUT2D eigenvalue weighted by molar-refractivity contribution is 4.89. The molecule has 0 spiro atoms. The number of nitrogens with one attached hydrogen (secondary N) is 1. The molecule has 3 heteroatoms. The number of piperidine rings is 1. The normalized spacial score (nSPS) is 30.2. The summed E-state index contributed by atoms with van der Waals surface area (Å²) in [7, 11) is 0. The van der Waals surface area contributed by atoms with Gasteiger partial charge in [0.05, 0.1) is 6.61 Å². The SMILES string of the molecule is CC(C)CNCC1(CN2CCCCC2)CCOC1. The molecule has 2 fully saturated rings. The largest absolute Gasteiger partial charge is 0.381 e. The second kappa shape index (κ2) is 6.88. The Morgan fingerprint density at radius 1 is 1.22 bits per heavy atom. The molecule has 106 valence electrons. The van der Waals surface area contributed by atoms with Crippen LogP contribution in [0.25, 0.3) is 0 Å². The lowest BCUT2D eigenvalue weighted by molar-refractivity contribution is 0.0976. The van der Waals surface area contributed by atoms with Crippen LogP contribution in [0.2, 0.25) is 0 Å². The van der Waals surface area contributed by atoms with Gasteiger partial charge in [-0.25, -0.2) is 0 Å². The minimum Gasteiger partial charge on any atom is -0.381 e. The van der Waals surface area contributed by atoms with Crippen LogP contribution in [-0.4, -0.2) is 50.8 Å². The Hall–Kier alpha value is -0.120. The first-order chi connectivity index (χ1) is 8.70. The van der Waals surface area contributed by atoms with E-state index in [1.165, 1.54) is 45.3 Å². The maximum Gasteiger partial charge on any atom is 0.0547 e. The third-order valence-corrected chi connectivity index (χ3v) is 4.25. The third kappa shape index (κ3) is 4.22. The molecule has 0 aromatic heterocycles. The summed E-state index contributed by atoms with van der Waals surface area (Å²) in [5, 5.41) is 3.65. The molecule has 2 aliphatic rings. The summed E-state index contributed by atoms with van der Waals surface area (Å²) in [6, 6.07) is 0. The maximum atomic E-state index is 5.69. The molecule has 2 heterocycles. The van der Waals surface area contributed by atoms with Gasteiger partial charge in [0, 0.05) is 25.1 Å². The second-order valence-electron chi connectivity index (χ2n) is 6.66. The van der Waals surface area contributed by atoms with E-state index in [1.807, 2.05) is 0 Å². The molecule has 3 nitrogen and oxygen atoms in total. The van der Waals surface area contributed by atoms with E-state index in [4.69, 9.17) is 4.74 Å². The van der Waals surface area contributed by atoms with Gasteiger partial charge in [-0.2, -0.15) is 0 Å². The molecule has 0 bridgehead atoms. The van der Waals surface area contributed by atoms with Gasteiger partial charge in [-0.05, 0) is 44.8 Å². The van der Waals surface area contributed by atoms with Crippen molar-refractivity contribution in [2.45, 2.75) is 39.5 Å². The molecule has 0 aromatic rings. The van der Waals surface area contributed by atoms with Crippen molar-refractivity contribution in [1.82, 2.24) is 10.2 Å². The minimum atomic E-state index is 0.381. The zero-order valence-corrected chi connectivity index (χ0v) is 12.2. The highest BCUT2D eigenvalue weighted by Crippen LogP contribution is 2.30. The summed E-state index contributed by atoms with van der Waals surface area (Å²) in [4.78, 5) is 2.66. The Balaban J connectivity index is 1.81. The van der Waals surface area contributed by atoms with E-state index < -0.39 is 0 Å². The number of hydrogen-bond donors (Lipinski definition) is 1. The van der Waals surface area contributed by atoms with E-state index in [9.17, 15) is 0 Å². The first kappa shape index (κ1) is 14.3. The molecule has 1 N–H and O–H groups in total. The van der Waals surface area contributed by atoms with E-state index in [0.717, 1.165) is 32.2 Å². The van der Waals surface area contributed by atoms with Gasteiger partial charge < -0.3 is 15.0 Å². The lowest BCUT2D eigenvalue weighted by Gasteiger charge is -2.36. The lowest BCUT2D eigenvalue weighted by Crippen LogP contribution is -2.46. The van der Waals surface area contributed by atoms with Crippen LogP contribution < -0.4 is 5.32 Å². The summed E-state index contributed by atoms with van der Waals surface area (Å²) in [5.41, 5.74) is 0.381. The molecule has 2 saturated heterocycles. The Morgan fingerprint density at radius 3 is 2.61 bits per heavy atom. The van der Waals surface area contributed by atoms with Crippen molar-refractivity contribution in [2.24, 2.45) is 11.3 Å². The molecular weight excluding hydrogens is 224 g/mol. The number of rotatable bonds is 6. The van der Waals surface area contributed by atoms with Crippen molar-refractivity contribution in [3.05, 3.63) is 0 Å². The molecule has 0 saturated carbocycles. The molecule has 0 radical (unpaired) electrons. The molecule has 0 aromatic carbocycles. The minimum absolute atomic E-state index is 0.381. The van der Waals surface area contributed by atoms with E-state index in [1.54, 1.807) is 0 Å². The fraction of sp³-hybridized carbons (Fsp3) is 1.00. The monoisotopic (exact) mass is 254 g/mol. The molecule has 2 rings (SSSR count). The van der Waals surface area contributed by atoms with Crippen LogP contribution in [0.15, 0.2) is 0 Å². The van der Waals surface area contributed by atoms with Crippen molar-refractivity contribution in [1.29, 1.82) is 0 Å². The molecule has 1 unspecified atom stereocenters. The Bertz CT molecular complexity index is 231. The first-order valence-corrected chi connectivity index (χ1v) is 7.71. The first-order valence-electron chi connectivity index (χ1n) is 7.71. The van der Waals surface area contributed by atoms with E-state index in [2.05, 4.69) is 24.1 Å². The summed E-state index contributed by atoms with van der Waals surface area (Å²) >= 11 is 0. The van der Waals surface area contributed by atoms with Crippen LogP contribution in [0, 0.1) is 11.3 Å². The maximum absolute atomic E-state index is 5.69. The van der Waals surface area contributed by atoms with E-state index >= 15 is 0 Å². The smallest absolute Gasteiger partial charge is 0.0547 e. The molecule has 0 aliphatic carbocycles. The van der Waals surface area contributed by atoms with Gasteiger partial charge in [-0.1, -0.05) is 20.3 Å². The van der Waals surface area contributed by atoms with Crippen LogP contribution in [0.1, 0.15) is 39.5 Å². The molecule has 1 atom stereocenters. The molecule has 18 heavy (non-hydrogen) atoms. The van der Waals surface area contributed by atoms with Crippen molar-refractivity contribution in [3.8, 4) is 0 Å². The molecule has 0 amide bonds. The van der Waals surface area contributed by atoms with Gasteiger partial charge in [0.15, 0.2) is 0 Å². The van der Waals surface area contributed by atoms with Crippen LogP contribution >= 0.6 is 0 Å². The summed E-state index contributed by atoms with van der Waals surface area (Å²) in [6.45, 7) is 12.5. The van der Waals surface area contributed by atoms with Crippen LogP contribution in [0.4, 0.5) is 0 Å². The van der Waals surface area contributed by atoms with Crippen molar-refractivity contribution < 1.29 is 4.74 Å². The number of likely N-dealkylation sites (tertiary alicyclic amines) is 1. The quantitative estimate of drug-likeness (QED) is 0.786. The fourth-order valence-corrected chi connectivity index (χ4v) is 3.19. The third-order valence-electron chi connectivity index (χ3n) is 4.25. The highest BCUT2D eigenvalue weighted by Gasteiger charge is 2.36. The van der Waals surface area contributed by atoms with E-state index in [0.29, 0.717) is 5.41 Å². The number of nitrogens with zero attached hydrogens (tertiary/aromatic N) is 1. The second-order valence-corrected chi connectivity index (χ2v) is 6.66. The Morgan fingerprint density at radius 2 is 2.00 bits per heavy atom. The van der Waals surface area contributed by atoms with Crippen molar-refractivity contribution in [3.63, 3.8) is 0 Å². The van der Waals surface area contributed by atoms with Gasteiger partial charge in [0.2, 0.25) is 0 Å². The Labute approximate surface area is 112 Å². The lowest BCUT2D eigenvalue weighted by atomic mass is 9.85. The fourth-order valence-electron chi connectivity index (χ4n) is 3.19. The van der Waals surface area contributed by atoms with Crippen LogP contribution in [-0.2, 0) is 4.74 Å². The van der Waals surface area contributed by atoms with Crippen molar-refractivity contribution in [2.75, 3.05) is 45.9 Å². The summed E-state index contributed by atoms with van der Waals surface area (Å²) in [5.74, 6) is 0.736. The van der Waals surface area contributed by atoms with Crippen LogP contribution in [0.5, 0.6) is 0 Å². The molecule has 2 aliphatic heterocycles. The Kier molecular flexibility index (Phi) is 5.46. The van der Waals surface area contributed by atoms with Crippen LogP contribution in [0.3, 0.4) is 0 Å². The van der Waals surface area contributed by atoms with Gasteiger partial charge in [-0.15, -0.1) is 0 Å². The van der Waals surface area contributed by atoms with E-state index in [-0.39, 0.29) is 0 Å². The predicted octanol–water partition coefficient (Wildman–Crippen LogP) is 2.12. The predicted molar refractivity (Wildman–Crippen MR) is 75.9 cm³/mol. The highest BCUT2D eigenvalue weighted by atomic mass is 16.5. The zero-order chi connectivity index (χ0) is 12.8. The standard InChI is InChI=1S/C15H30N2O/c1-14(2)10-16-11-15(6-9-18-13-15)12-17-7-4-3-5-8-17/h14,16H,3-13H2,1-2H3. The topological polar surface area (TPSA) is 24.5 Å². The number of ether oxygens (including phenoxy) is 1. The van der Waals surface area contributed by atoms with Crippen molar-refractivity contribution >= 4 is 0 Å². The summed E-state index contributed by atoms with van der Waals surface area (Å²) in [6.07, 6.45) is 5.42. The van der Waals surface area contributed by atoms with Gasteiger partial charge in [-0.3, -0.25) is 0 Å². The van der Waals surface area contributed by atoms with Gasteiger partial charge in [0.1, 0.15) is 0 Å². The van der Waals surface area contributed by atoms with Gasteiger partial charge in [0.25, 0.3) is 0 Å². The summed E-state index contributed by atoms with van der Waals surface area (Å²) < 4.78 is 5.69. The van der Waals surface area contributed by atoms with Gasteiger partial charge >= 0.3 is 0 Å². The zero-order valence-electron chi connectivity index (χ0n) is 12.2. The average Bonchev–Trinajstić information content (AvgIpc) is 2.78. The average molecular weight is 254 g/mol. The molecular formula is C15H30N2O.